The van der Waals surface area contributed by atoms with Crippen molar-refractivity contribution in [2.24, 2.45) is 0 Å². The van der Waals surface area contributed by atoms with Gasteiger partial charge >= 0.3 is 0 Å². The van der Waals surface area contributed by atoms with Crippen molar-refractivity contribution < 1.29 is 14.3 Å². The number of ketones is 1. The number of ether oxygens (including phenoxy) is 2. The number of aryl methyl sites for hydroxylation is 1. The fraction of sp³-hybridized carbons (Fsp3) is 0.417. The van der Waals surface area contributed by atoms with E-state index >= 15 is 0 Å². The second-order valence-electron chi connectivity index (χ2n) is 3.59. The Bertz CT molecular complexity index is 396. The molecule has 80 valence electrons. The molecule has 0 unspecified atom stereocenters. The molecule has 1 aromatic carbocycles. The van der Waals surface area contributed by atoms with E-state index in [1.807, 2.05) is 19.9 Å². The topological polar surface area (TPSA) is 35.5 Å². The van der Waals surface area contributed by atoms with Crippen LogP contribution in [0.15, 0.2) is 12.1 Å². The lowest BCUT2D eigenvalue weighted by molar-refractivity contribution is 0.0986. The second kappa shape index (κ2) is 3.93. The highest BCUT2D eigenvalue weighted by Gasteiger charge is 2.16. The second-order valence-corrected chi connectivity index (χ2v) is 3.59. The third-order valence-electron chi connectivity index (χ3n) is 2.51. The first-order chi connectivity index (χ1) is 7.22. The summed E-state index contributed by atoms with van der Waals surface area (Å²) < 4.78 is 10.9. The number of Topliss-reactive ketones (excluding diaryl/α,β-unsaturated/α-hetero) is 1. The number of benzene rings is 1. The summed E-state index contributed by atoms with van der Waals surface area (Å²) in [7, 11) is 0. The fourth-order valence-corrected chi connectivity index (χ4v) is 1.68. The van der Waals surface area contributed by atoms with Crippen molar-refractivity contribution in [2.45, 2.75) is 20.3 Å². The van der Waals surface area contributed by atoms with Gasteiger partial charge in [-0.25, -0.2) is 0 Å². The quantitative estimate of drug-likeness (QED) is 0.697. The van der Waals surface area contributed by atoms with Crippen molar-refractivity contribution in [1.29, 1.82) is 0 Å². The van der Waals surface area contributed by atoms with Crippen LogP contribution in [0.25, 0.3) is 0 Å². The first kappa shape index (κ1) is 10.0. The van der Waals surface area contributed by atoms with E-state index in [-0.39, 0.29) is 5.78 Å². The van der Waals surface area contributed by atoms with Gasteiger partial charge in [0.2, 0.25) is 0 Å². The molecule has 0 radical (unpaired) electrons. The van der Waals surface area contributed by atoms with Gasteiger partial charge < -0.3 is 9.47 Å². The SMILES string of the molecule is CCC(=O)c1cc2c(cc1C)OCCO2. The Balaban J connectivity index is 2.44. The van der Waals surface area contributed by atoms with Crippen LogP contribution in [0, 0.1) is 6.92 Å². The van der Waals surface area contributed by atoms with Crippen molar-refractivity contribution in [2.75, 3.05) is 13.2 Å². The van der Waals surface area contributed by atoms with Gasteiger partial charge in [-0.15, -0.1) is 0 Å². The minimum absolute atomic E-state index is 0.143. The average molecular weight is 206 g/mol. The zero-order valence-corrected chi connectivity index (χ0v) is 9.00. The van der Waals surface area contributed by atoms with Gasteiger partial charge in [-0.1, -0.05) is 6.92 Å². The molecule has 0 saturated carbocycles. The molecular formula is C12H14O3. The van der Waals surface area contributed by atoms with Crippen molar-refractivity contribution in [3.63, 3.8) is 0 Å². The zero-order valence-electron chi connectivity index (χ0n) is 9.00. The van der Waals surface area contributed by atoms with Gasteiger partial charge in [0, 0.05) is 12.0 Å². The van der Waals surface area contributed by atoms with Crippen LogP contribution in [0.3, 0.4) is 0 Å². The van der Waals surface area contributed by atoms with Crippen molar-refractivity contribution in [1.82, 2.24) is 0 Å². The summed E-state index contributed by atoms with van der Waals surface area (Å²) in [5.41, 5.74) is 1.69. The summed E-state index contributed by atoms with van der Waals surface area (Å²) in [4.78, 5) is 11.6. The summed E-state index contributed by atoms with van der Waals surface area (Å²) in [5.74, 6) is 1.57. The van der Waals surface area contributed by atoms with Crippen molar-refractivity contribution in [3.8, 4) is 11.5 Å². The first-order valence-corrected chi connectivity index (χ1v) is 5.16. The van der Waals surface area contributed by atoms with E-state index in [4.69, 9.17) is 9.47 Å². The molecule has 2 rings (SSSR count). The molecule has 0 atom stereocenters. The fourth-order valence-electron chi connectivity index (χ4n) is 1.68. The van der Waals surface area contributed by atoms with Crippen LogP contribution < -0.4 is 9.47 Å². The molecule has 1 aliphatic rings. The van der Waals surface area contributed by atoms with E-state index in [0.29, 0.717) is 25.4 Å². The highest BCUT2D eigenvalue weighted by Crippen LogP contribution is 2.33. The Morgan fingerprint density at radius 1 is 1.27 bits per heavy atom. The summed E-state index contributed by atoms with van der Waals surface area (Å²) in [5, 5.41) is 0. The van der Waals surface area contributed by atoms with Crippen LogP contribution in [0.1, 0.15) is 29.3 Å². The third-order valence-corrected chi connectivity index (χ3v) is 2.51. The van der Waals surface area contributed by atoms with Crippen LogP contribution in [0.4, 0.5) is 0 Å². The summed E-state index contributed by atoms with van der Waals surface area (Å²) in [6.45, 7) is 4.91. The minimum atomic E-state index is 0.143. The van der Waals surface area contributed by atoms with Crippen LogP contribution in [0.2, 0.25) is 0 Å². The molecule has 15 heavy (non-hydrogen) atoms. The van der Waals surface area contributed by atoms with E-state index in [9.17, 15) is 4.79 Å². The predicted molar refractivity (Wildman–Crippen MR) is 56.8 cm³/mol. The molecule has 1 aromatic rings. The maximum absolute atomic E-state index is 11.6. The number of rotatable bonds is 2. The lowest BCUT2D eigenvalue weighted by atomic mass is 10.0. The Morgan fingerprint density at radius 3 is 2.47 bits per heavy atom. The highest BCUT2D eigenvalue weighted by molar-refractivity contribution is 5.97. The summed E-state index contributed by atoms with van der Waals surface area (Å²) in [6, 6.07) is 3.66. The van der Waals surface area contributed by atoms with Crippen LogP contribution >= 0.6 is 0 Å². The molecule has 1 aliphatic heterocycles. The molecule has 0 bridgehead atoms. The molecule has 0 fully saturated rings. The van der Waals surface area contributed by atoms with Gasteiger partial charge in [0.1, 0.15) is 13.2 Å². The Morgan fingerprint density at radius 2 is 1.87 bits per heavy atom. The Hall–Kier alpha value is -1.51. The van der Waals surface area contributed by atoms with Crippen molar-refractivity contribution in [3.05, 3.63) is 23.3 Å². The molecular weight excluding hydrogens is 192 g/mol. The minimum Gasteiger partial charge on any atom is -0.486 e. The van der Waals surface area contributed by atoms with Gasteiger partial charge in [-0.05, 0) is 24.6 Å². The molecule has 0 N–H and O–H groups in total. The number of fused-ring (bicyclic) bond motifs is 1. The number of hydrogen-bond donors (Lipinski definition) is 0. The molecule has 3 nitrogen and oxygen atoms in total. The van der Waals surface area contributed by atoms with E-state index < -0.39 is 0 Å². The zero-order chi connectivity index (χ0) is 10.8. The third kappa shape index (κ3) is 1.82. The van der Waals surface area contributed by atoms with Crippen molar-refractivity contribution >= 4 is 5.78 Å². The summed E-state index contributed by atoms with van der Waals surface area (Å²) >= 11 is 0. The number of carbonyl (C=O) groups is 1. The smallest absolute Gasteiger partial charge is 0.163 e. The number of carbonyl (C=O) groups excluding carboxylic acids is 1. The van der Waals surface area contributed by atoms with Gasteiger partial charge in [-0.3, -0.25) is 4.79 Å². The van der Waals surface area contributed by atoms with E-state index in [0.717, 1.165) is 16.9 Å². The Kier molecular flexibility index (Phi) is 2.62. The largest absolute Gasteiger partial charge is 0.486 e. The van der Waals surface area contributed by atoms with Gasteiger partial charge in [0.25, 0.3) is 0 Å². The predicted octanol–water partition coefficient (Wildman–Crippen LogP) is 2.36. The van der Waals surface area contributed by atoms with E-state index in [1.165, 1.54) is 0 Å². The first-order valence-electron chi connectivity index (χ1n) is 5.16. The maximum atomic E-state index is 11.6. The van der Waals surface area contributed by atoms with E-state index in [1.54, 1.807) is 6.07 Å². The normalized spacial score (nSPS) is 13.7. The molecule has 0 aliphatic carbocycles. The highest BCUT2D eigenvalue weighted by atomic mass is 16.6. The van der Waals surface area contributed by atoms with E-state index in [2.05, 4.69) is 0 Å². The molecule has 0 saturated heterocycles. The Labute approximate surface area is 89.0 Å². The average Bonchev–Trinajstić information content (AvgIpc) is 2.27. The number of hydrogen-bond acceptors (Lipinski definition) is 3. The maximum Gasteiger partial charge on any atom is 0.163 e. The van der Waals surface area contributed by atoms with Gasteiger partial charge in [0.15, 0.2) is 17.3 Å². The lowest BCUT2D eigenvalue weighted by Gasteiger charge is -2.19. The monoisotopic (exact) mass is 206 g/mol. The lowest BCUT2D eigenvalue weighted by Crippen LogP contribution is -2.16. The molecule has 0 spiro atoms. The van der Waals surface area contributed by atoms with Crippen LogP contribution in [-0.4, -0.2) is 19.0 Å². The van der Waals surface area contributed by atoms with Crippen LogP contribution in [0.5, 0.6) is 11.5 Å². The standard InChI is InChI=1S/C12H14O3/c1-3-10(13)9-7-12-11(6-8(9)2)14-4-5-15-12/h6-7H,3-5H2,1-2H3. The molecule has 0 amide bonds. The van der Waals surface area contributed by atoms with Gasteiger partial charge in [0.05, 0.1) is 0 Å². The van der Waals surface area contributed by atoms with Gasteiger partial charge in [-0.2, -0.15) is 0 Å². The molecule has 0 aromatic heterocycles. The molecule has 1 heterocycles. The molecule has 3 heteroatoms. The van der Waals surface area contributed by atoms with Crippen LogP contribution in [-0.2, 0) is 0 Å². The summed E-state index contributed by atoms with van der Waals surface area (Å²) in [6.07, 6.45) is 0.514.